The summed E-state index contributed by atoms with van der Waals surface area (Å²) in [6.07, 6.45) is -10.2. The molecule has 14 N–H and O–H groups in total. The highest BCUT2D eigenvalue weighted by Crippen LogP contribution is 2.46. The van der Waals surface area contributed by atoms with E-state index in [9.17, 15) is 75.7 Å². The third-order valence-corrected chi connectivity index (χ3v) is 14.4. The van der Waals surface area contributed by atoms with E-state index < -0.39 is 153 Å². The number of nitrogens with one attached hydrogen (secondary N) is 2. The minimum atomic E-state index is -2.66. The minimum absolute atomic E-state index is 0.187. The maximum absolute atomic E-state index is 13.0. The topological polar surface area (TPSA) is 364 Å². The van der Waals surface area contributed by atoms with E-state index in [0.717, 1.165) is 38.4 Å². The van der Waals surface area contributed by atoms with E-state index in [1.165, 1.54) is 57.4 Å². The van der Waals surface area contributed by atoms with Gasteiger partial charge in [-0.25, -0.2) is 4.79 Å². The number of thioether (sulfide) groups is 1. The van der Waals surface area contributed by atoms with Gasteiger partial charge in [0.2, 0.25) is 16.7 Å². The van der Waals surface area contributed by atoms with Crippen LogP contribution in [0.2, 0.25) is 0 Å². The van der Waals surface area contributed by atoms with E-state index in [1.54, 1.807) is 0 Å². The third-order valence-electron chi connectivity index (χ3n) is 12.4. The second-order valence-corrected chi connectivity index (χ2v) is 19.7. The van der Waals surface area contributed by atoms with Gasteiger partial charge in [-0.2, -0.15) is 12.6 Å². The lowest BCUT2D eigenvalue weighted by Gasteiger charge is -2.50. The number of thiol groups is 1. The SMILES string of the molecule is C=C[C@@H](O)[C@H](CO[C@@H]1O[C@H](CO)[C@@H](O[C@@H]2O[C@H](CO)[C@H](O)[C@H](S[C@]3(C(=O)O)C[C@H](O)[C@@H](NC(C)=O)[C@H]([C@H](O)[C@H](O)CO)O3)[C@H]2O)[C@H](O)[C@H]1O)NC(=O)CCCCCCCCCCCCCCCS. The molecular weight excluding hydrogens is 941 g/mol. The zero-order valence-electron chi connectivity index (χ0n) is 38.7. The normalized spacial score (nSPS) is 33.8. The molecule has 3 saturated heterocycles. The number of ether oxygens (including phenoxy) is 5. The van der Waals surface area contributed by atoms with Gasteiger partial charge in [0, 0.05) is 19.8 Å². The van der Waals surface area contributed by atoms with Crippen LogP contribution in [-0.2, 0) is 38.1 Å². The zero-order valence-corrected chi connectivity index (χ0v) is 40.4. The minimum Gasteiger partial charge on any atom is -0.478 e. The molecule has 3 rings (SSSR count). The van der Waals surface area contributed by atoms with E-state index in [4.69, 9.17) is 23.7 Å². The highest BCUT2D eigenvalue weighted by molar-refractivity contribution is 8.01. The van der Waals surface area contributed by atoms with E-state index in [1.807, 2.05) is 0 Å². The first kappa shape index (κ1) is 60.5. The van der Waals surface area contributed by atoms with Gasteiger partial charge in [-0.1, -0.05) is 76.7 Å². The van der Waals surface area contributed by atoms with Crippen molar-refractivity contribution in [2.75, 3.05) is 32.2 Å². The predicted molar refractivity (Wildman–Crippen MR) is 247 cm³/mol. The molecule has 3 aliphatic heterocycles. The molecular formula is C44H78N2O20S2. The van der Waals surface area contributed by atoms with Gasteiger partial charge in [0.05, 0.1) is 62.1 Å². The van der Waals surface area contributed by atoms with Crippen LogP contribution in [0.15, 0.2) is 12.7 Å². The van der Waals surface area contributed by atoms with Crippen LogP contribution in [0.4, 0.5) is 0 Å². The number of carboxylic acids is 1. The van der Waals surface area contributed by atoms with Crippen molar-refractivity contribution >= 4 is 42.2 Å². The summed E-state index contributed by atoms with van der Waals surface area (Å²) in [5.41, 5.74) is 0. The molecule has 3 aliphatic rings. The summed E-state index contributed by atoms with van der Waals surface area (Å²) in [6.45, 7) is 1.32. The fourth-order valence-electron chi connectivity index (χ4n) is 8.50. The highest BCUT2D eigenvalue weighted by Gasteiger charge is 2.59. The molecule has 0 unspecified atom stereocenters. The molecule has 0 radical (unpaired) electrons. The highest BCUT2D eigenvalue weighted by atomic mass is 32.2. The van der Waals surface area contributed by atoms with Crippen LogP contribution < -0.4 is 10.6 Å². The molecule has 0 aromatic heterocycles. The van der Waals surface area contributed by atoms with Crippen molar-refractivity contribution in [3.63, 3.8) is 0 Å². The van der Waals surface area contributed by atoms with Crippen LogP contribution in [0, 0.1) is 0 Å². The molecule has 396 valence electrons. The summed E-state index contributed by atoms with van der Waals surface area (Å²) in [7, 11) is 0. The van der Waals surface area contributed by atoms with Crippen molar-refractivity contribution in [3.05, 3.63) is 12.7 Å². The number of aliphatic hydroxyl groups excluding tert-OH is 11. The summed E-state index contributed by atoms with van der Waals surface area (Å²) >= 11 is 4.46. The number of unbranched alkanes of at least 4 members (excludes halogenated alkanes) is 12. The Morgan fingerprint density at radius 2 is 1.37 bits per heavy atom. The number of hydrogen-bond acceptors (Lipinski definition) is 21. The molecule has 2 amide bonds. The van der Waals surface area contributed by atoms with Crippen molar-refractivity contribution in [2.24, 2.45) is 0 Å². The number of carbonyl (C=O) groups excluding carboxylic acids is 2. The second kappa shape index (κ2) is 30.9. The number of aliphatic carboxylic acids is 1. The molecule has 0 aromatic rings. The largest absolute Gasteiger partial charge is 0.478 e. The van der Waals surface area contributed by atoms with E-state index in [0.29, 0.717) is 6.42 Å². The maximum Gasteiger partial charge on any atom is 0.346 e. The lowest BCUT2D eigenvalue weighted by molar-refractivity contribution is -0.349. The van der Waals surface area contributed by atoms with Crippen LogP contribution >= 0.6 is 24.4 Å². The molecule has 24 heteroatoms. The Kier molecular flexibility index (Phi) is 27.5. The first-order chi connectivity index (χ1) is 32.4. The Balaban J connectivity index is 1.62. The predicted octanol–water partition coefficient (Wildman–Crippen LogP) is -2.06. The molecule has 68 heavy (non-hydrogen) atoms. The molecule has 3 heterocycles. The third kappa shape index (κ3) is 17.8. The van der Waals surface area contributed by atoms with Crippen LogP contribution in [0.5, 0.6) is 0 Å². The van der Waals surface area contributed by atoms with Gasteiger partial charge in [-0.3, -0.25) is 9.59 Å². The second-order valence-electron chi connectivity index (χ2n) is 17.8. The maximum atomic E-state index is 13.0. The number of carboxylic acid groups (broad SMARTS) is 1. The summed E-state index contributed by atoms with van der Waals surface area (Å²) in [6, 6.07) is -2.57. The van der Waals surface area contributed by atoms with Gasteiger partial charge in [-0.15, -0.1) is 18.3 Å². The van der Waals surface area contributed by atoms with Crippen LogP contribution in [0.3, 0.4) is 0 Å². The lowest BCUT2D eigenvalue weighted by Crippen LogP contribution is -2.68. The van der Waals surface area contributed by atoms with Crippen molar-refractivity contribution in [1.82, 2.24) is 10.6 Å². The van der Waals surface area contributed by atoms with Crippen molar-refractivity contribution in [2.45, 2.75) is 211 Å². The zero-order chi connectivity index (χ0) is 50.6. The van der Waals surface area contributed by atoms with Crippen molar-refractivity contribution < 1.29 is 99.3 Å². The molecule has 18 atom stereocenters. The first-order valence-corrected chi connectivity index (χ1v) is 25.1. The summed E-state index contributed by atoms with van der Waals surface area (Å²) < 4.78 is 28.6. The molecule has 0 saturated carbocycles. The first-order valence-electron chi connectivity index (χ1n) is 23.6. The van der Waals surface area contributed by atoms with Crippen LogP contribution in [0.25, 0.3) is 0 Å². The Hall–Kier alpha value is -1.79. The van der Waals surface area contributed by atoms with E-state index in [-0.39, 0.29) is 24.1 Å². The molecule has 0 bridgehead atoms. The molecule has 0 aliphatic carbocycles. The summed E-state index contributed by atoms with van der Waals surface area (Å²) in [4.78, 5) is 35.1. The van der Waals surface area contributed by atoms with Gasteiger partial charge in [-0.05, 0) is 18.6 Å². The molecule has 0 aromatic carbocycles. The van der Waals surface area contributed by atoms with Crippen molar-refractivity contribution in [3.8, 4) is 0 Å². The number of carbonyl (C=O) groups is 3. The van der Waals surface area contributed by atoms with Gasteiger partial charge in [0.1, 0.15) is 54.9 Å². The average molecular weight is 1020 g/mol. The molecule has 3 fully saturated rings. The Labute approximate surface area is 407 Å². The molecule has 0 spiro atoms. The number of aliphatic hydroxyl groups is 11. The van der Waals surface area contributed by atoms with Gasteiger partial charge < -0.3 is 95.6 Å². The van der Waals surface area contributed by atoms with Crippen molar-refractivity contribution in [1.29, 1.82) is 0 Å². The number of hydrogen-bond donors (Lipinski definition) is 15. The van der Waals surface area contributed by atoms with E-state index >= 15 is 0 Å². The number of amides is 2. The molecule has 22 nitrogen and oxygen atoms in total. The number of rotatable bonds is 32. The summed E-state index contributed by atoms with van der Waals surface area (Å²) in [5, 5.41) is 132. The average Bonchev–Trinajstić information content (AvgIpc) is 3.31. The van der Waals surface area contributed by atoms with Gasteiger partial charge in [0.25, 0.3) is 0 Å². The monoisotopic (exact) mass is 1020 g/mol. The van der Waals surface area contributed by atoms with Gasteiger partial charge >= 0.3 is 5.97 Å². The standard InChI is InChI=1S/C44H78N2O20S2/c1-3-26(51)25(46-31(54)17-15-13-11-9-7-5-4-6-8-10-12-14-16-18-67)23-62-41-36(58)35(57)38(30(22-49)64-41)65-42-37(59)40(34(56)29(21-48)63-42)68-44(43(60)61)19-27(52)32(45-24(2)50)39(66-44)33(55)28(53)20-47/h3,25-30,32-42,47-49,51-53,55-59,67H,1,4-23H2,2H3,(H,45,50)(H,46,54)(H,60,61)/t25-,26+,27-,28+,29+,30+,32+,33+,34-,35+,36+,37+,38+,39+,40-,41+,42-,44-/m0/s1. The Morgan fingerprint density at radius 1 is 0.809 bits per heavy atom. The quantitative estimate of drug-likeness (QED) is 0.0196. The Bertz CT molecular complexity index is 1490. The lowest BCUT2D eigenvalue weighted by atomic mass is 9.89. The van der Waals surface area contributed by atoms with Gasteiger partial charge in [0.15, 0.2) is 12.6 Å². The Morgan fingerprint density at radius 3 is 1.88 bits per heavy atom. The summed E-state index contributed by atoms with van der Waals surface area (Å²) in [5.74, 6) is -1.95. The van der Waals surface area contributed by atoms with E-state index in [2.05, 4.69) is 29.8 Å². The van der Waals surface area contributed by atoms with Crippen LogP contribution in [-0.4, -0.2) is 219 Å². The fraction of sp³-hybridized carbons (Fsp3) is 0.886. The van der Waals surface area contributed by atoms with Crippen LogP contribution in [0.1, 0.15) is 103 Å². The smallest absolute Gasteiger partial charge is 0.346 e. The fourth-order valence-corrected chi connectivity index (χ4v) is 10.3.